The Hall–Kier alpha value is -2.72. The van der Waals surface area contributed by atoms with Gasteiger partial charge in [-0.25, -0.2) is 19.2 Å². The van der Waals surface area contributed by atoms with Crippen LogP contribution in [0.15, 0.2) is 22.3 Å². The van der Waals surface area contributed by atoms with Crippen molar-refractivity contribution in [3.05, 3.63) is 22.3 Å². The number of aliphatic carboxylic acids is 4. The van der Waals surface area contributed by atoms with Crippen molar-refractivity contribution in [2.24, 2.45) is 11.8 Å². The summed E-state index contributed by atoms with van der Waals surface area (Å²) in [5.74, 6) is -7.91. The Morgan fingerprint density at radius 3 is 1.97 bits per heavy atom. The van der Waals surface area contributed by atoms with Crippen molar-refractivity contribution in [1.29, 1.82) is 0 Å². The SMILES string of the molecule is CCCCC1CC(C(=O)O)=C(C(=O)O)C(C(CCCC)OC2CCCCO2)CC(C(=O)O)=C1C(=O)O. The largest absolute Gasteiger partial charge is 0.478 e. The lowest BCUT2D eigenvalue weighted by Crippen LogP contribution is -2.38. The zero-order chi connectivity index (χ0) is 26.8. The average molecular weight is 511 g/mol. The second-order valence-corrected chi connectivity index (χ2v) is 9.47. The predicted molar refractivity (Wildman–Crippen MR) is 128 cm³/mol. The van der Waals surface area contributed by atoms with E-state index in [4.69, 9.17) is 9.47 Å². The van der Waals surface area contributed by atoms with Gasteiger partial charge in [-0.15, -0.1) is 0 Å². The van der Waals surface area contributed by atoms with Crippen LogP contribution in [0.1, 0.15) is 84.5 Å². The maximum Gasteiger partial charge on any atom is 0.332 e. The van der Waals surface area contributed by atoms with E-state index in [0.717, 1.165) is 19.3 Å². The quantitative estimate of drug-likeness (QED) is 0.281. The van der Waals surface area contributed by atoms with E-state index in [0.29, 0.717) is 38.7 Å². The average Bonchev–Trinajstić information content (AvgIpc) is 2.81. The Morgan fingerprint density at radius 2 is 1.47 bits per heavy atom. The van der Waals surface area contributed by atoms with E-state index in [1.54, 1.807) is 0 Å². The molecule has 0 radical (unpaired) electrons. The molecule has 4 atom stereocenters. The van der Waals surface area contributed by atoms with E-state index in [-0.39, 0.29) is 18.4 Å². The monoisotopic (exact) mass is 510 g/mol. The van der Waals surface area contributed by atoms with Gasteiger partial charge in [0.1, 0.15) is 0 Å². The summed E-state index contributed by atoms with van der Waals surface area (Å²) >= 11 is 0. The summed E-state index contributed by atoms with van der Waals surface area (Å²) in [6, 6.07) is 0. The van der Waals surface area contributed by atoms with Gasteiger partial charge < -0.3 is 29.9 Å². The first-order valence-corrected chi connectivity index (χ1v) is 12.8. The van der Waals surface area contributed by atoms with Crippen molar-refractivity contribution >= 4 is 23.9 Å². The van der Waals surface area contributed by atoms with E-state index in [1.807, 2.05) is 13.8 Å². The molecular weight excluding hydrogens is 472 g/mol. The maximum absolute atomic E-state index is 12.5. The molecule has 4 unspecified atom stereocenters. The molecule has 1 aliphatic carbocycles. The normalized spacial score (nSPS) is 24.1. The van der Waals surface area contributed by atoms with E-state index in [1.165, 1.54) is 0 Å². The van der Waals surface area contributed by atoms with Crippen LogP contribution in [-0.2, 0) is 28.7 Å². The molecule has 0 saturated carbocycles. The summed E-state index contributed by atoms with van der Waals surface area (Å²) in [6.07, 6.45) is 3.13. The summed E-state index contributed by atoms with van der Waals surface area (Å²) < 4.78 is 11.9. The van der Waals surface area contributed by atoms with Gasteiger partial charge in [-0.3, -0.25) is 0 Å². The minimum atomic E-state index is -1.47. The molecule has 4 N–H and O–H groups in total. The number of hydrogen-bond acceptors (Lipinski definition) is 6. The first-order chi connectivity index (χ1) is 17.1. The lowest BCUT2D eigenvalue weighted by Gasteiger charge is -2.35. The molecule has 0 spiro atoms. The van der Waals surface area contributed by atoms with Gasteiger partial charge in [0.25, 0.3) is 0 Å². The van der Waals surface area contributed by atoms with Crippen LogP contribution in [0, 0.1) is 11.8 Å². The molecule has 0 bridgehead atoms. The van der Waals surface area contributed by atoms with Crippen LogP contribution in [0.5, 0.6) is 0 Å². The number of carboxylic acids is 4. The number of ether oxygens (including phenoxy) is 2. The van der Waals surface area contributed by atoms with Crippen LogP contribution < -0.4 is 0 Å². The minimum absolute atomic E-state index is 0.231. The van der Waals surface area contributed by atoms with Crippen LogP contribution in [0.4, 0.5) is 0 Å². The molecule has 0 aromatic carbocycles. The lowest BCUT2D eigenvalue weighted by molar-refractivity contribution is -0.198. The van der Waals surface area contributed by atoms with Crippen LogP contribution in [0.2, 0.25) is 0 Å². The fourth-order valence-corrected chi connectivity index (χ4v) is 5.15. The molecular formula is C26H38O10. The van der Waals surface area contributed by atoms with Crippen molar-refractivity contribution in [3.8, 4) is 0 Å². The molecule has 10 nitrogen and oxygen atoms in total. The molecule has 0 amide bonds. The van der Waals surface area contributed by atoms with Crippen molar-refractivity contribution in [3.63, 3.8) is 0 Å². The molecule has 1 heterocycles. The first kappa shape index (κ1) is 29.5. The molecule has 202 valence electrons. The number of rotatable bonds is 13. The third-order valence-electron chi connectivity index (χ3n) is 6.94. The number of carbonyl (C=O) groups is 4. The van der Waals surface area contributed by atoms with Gasteiger partial charge in [-0.1, -0.05) is 39.5 Å². The van der Waals surface area contributed by atoms with Crippen LogP contribution in [-0.4, -0.2) is 63.3 Å². The van der Waals surface area contributed by atoms with Crippen molar-refractivity contribution in [2.45, 2.75) is 96.9 Å². The van der Waals surface area contributed by atoms with Gasteiger partial charge >= 0.3 is 23.9 Å². The molecule has 2 rings (SSSR count). The number of carboxylic acid groups (broad SMARTS) is 4. The Bertz CT molecular complexity index is 881. The summed E-state index contributed by atoms with van der Waals surface area (Å²) in [4.78, 5) is 49.6. The van der Waals surface area contributed by atoms with E-state index in [9.17, 15) is 39.6 Å². The van der Waals surface area contributed by atoms with Gasteiger partial charge in [0.15, 0.2) is 6.29 Å². The van der Waals surface area contributed by atoms with Gasteiger partial charge in [-0.05, 0) is 50.9 Å². The highest BCUT2D eigenvalue weighted by Crippen LogP contribution is 2.41. The standard InChI is InChI=1S/C26H38O10/c1-3-5-9-15-13-17(23(27)28)22(26(33)34)16(14-18(24(29)30)21(15)25(31)32)19(10-6-4-2)36-20-11-7-8-12-35-20/h15-16,19-20H,3-14H2,1-2H3,(H,27,28)(H,29,30)(H,31,32)(H,33,34). The van der Waals surface area contributed by atoms with E-state index in [2.05, 4.69) is 0 Å². The minimum Gasteiger partial charge on any atom is -0.478 e. The Labute approximate surface area is 211 Å². The summed E-state index contributed by atoms with van der Waals surface area (Å²) in [7, 11) is 0. The first-order valence-electron chi connectivity index (χ1n) is 12.8. The predicted octanol–water partition coefficient (Wildman–Crippen LogP) is 4.24. The second-order valence-electron chi connectivity index (χ2n) is 9.47. The van der Waals surface area contributed by atoms with Crippen LogP contribution in [0.3, 0.4) is 0 Å². The highest BCUT2D eigenvalue weighted by molar-refractivity contribution is 6.02. The Morgan fingerprint density at radius 1 is 0.861 bits per heavy atom. The molecule has 2 aliphatic rings. The fourth-order valence-electron chi connectivity index (χ4n) is 5.15. The second kappa shape index (κ2) is 14.1. The zero-order valence-corrected chi connectivity index (χ0v) is 21.0. The van der Waals surface area contributed by atoms with Gasteiger partial charge in [0, 0.05) is 23.7 Å². The topological polar surface area (TPSA) is 168 Å². The molecule has 1 aliphatic heterocycles. The fraction of sp³-hybridized carbons (Fsp3) is 0.692. The summed E-state index contributed by atoms with van der Waals surface area (Å²) in [5, 5.41) is 40.3. The highest BCUT2D eigenvalue weighted by atomic mass is 16.7. The summed E-state index contributed by atoms with van der Waals surface area (Å²) in [5.41, 5.74) is -1.56. The maximum atomic E-state index is 12.5. The smallest absolute Gasteiger partial charge is 0.332 e. The highest BCUT2D eigenvalue weighted by Gasteiger charge is 2.42. The van der Waals surface area contributed by atoms with Crippen molar-refractivity contribution in [1.82, 2.24) is 0 Å². The van der Waals surface area contributed by atoms with E-state index < -0.39 is 71.2 Å². The molecule has 1 saturated heterocycles. The summed E-state index contributed by atoms with van der Waals surface area (Å²) in [6.45, 7) is 4.29. The number of hydrogen-bond donors (Lipinski definition) is 4. The molecule has 0 aromatic heterocycles. The Balaban J connectivity index is 2.72. The third kappa shape index (κ3) is 7.64. The van der Waals surface area contributed by atoms with Gasteiger partial charge in [-0.2, -0.15) is 0 Å². The third-order valence-corrected chi connectivity index (χ3v) is 6.94. The van der Waals surface area contributed by atoms with Gasteiger partial charge in [0.2, 0.25) is 0 Å². The zero-order valence-electron chi connectivity index (χ0n) is 21.0. The molecule has 36 heavy (non-hydrogen) atoms. The molecule has 0 aromatic rings. The number of unbranched alkanes of at least 4 members (excludes halogenated alkanes) is 2. The van der Waals surface area contributed by atoms with Gasteiger partial charge in [0.05, 0.1) is 17.3 Å². The van der Waals surface area contributed by atoms with Crippen LogP contribution in [0.25, 0.3) is 0 Å². The van der Waals surface area contributed by atoms with E-state index >= 15 is 0 Å². The van der Waals surface area contributed by atoms with Crippen molar-refractivity contribution in [2.75, 3.05) is 6.61 Å². The lowest BCUT2D eigenvalue weighted by atomic mass is 9.73. The molecule has 1 fully saturated rings. The molecule has 10 heteroatoms. The van der Waals surface area contributed by atoms with Crippen molar-refractivity contribution < 1.29 is 49.1 Å². The Kier molecular flexibility index (Phi) is 11.6. The van der Waals surface area contributed by atoms with Crippen LogP contribution >= 0.6 is 0 Å².